The lowest BCUT2D eigenvalue weighted by atomic mass is 9.99. The van der Waals surface area contributed by atoms with Crippen LogP contribution in [0, 0.1) is 0 Å². The number of fused-ring (bicyclic) bond motifs is 1. The molecule has 1 aliphatic rings. The highest BCUT2D eigenvalue weighted by Crippen LogP contribution is 2.33. The maximum atomic E-state index is 13.1. The van der Waals surface area contributed by atoms with Crippen molar-refractivity contribution in [2.45, 2.75) is 23.7 Å². The summed E-state index contributed by atoms with van der Waals surface area (Å²) in [6.45, 7) is 0.777. The summed E-state index contributed by atoms with van der Waals surface area (Å²) in [5.74, 6) is 0.742. The second kappa shape index (κ2) is 6.81. The van der Waals surface area contributed by atoms with E-state index in [2.05, 4.69) is 10.2 Å². The summed E-state index contributed by atoms with van der Waals surface area (Å²) in [4.78, 5) is 0.0402. The molecule has 6 nitrogen and oxygen atoms in total. The molecule has 0 saturated carbocycles. The zero-order chi connectivity index (χ0) is 18.3. The molecule has 4 rings (SSSR count). The van der Waals surface area contributed by atoms with E-state index < -0.39 is 10.0 Å². The third-order valence-corrected chi connectivity index (χ3v) is 7.18. The molecule has 0 bridgehead atoms. The van der Waals surface area contributed by atoms with Crippen molar-refractivity contribution in [3.63, 3.8) is 0 Å². The molecule has 136 valence electrons. The monoisotopic (exact) mass is 410 g/mol. The fraction of sp³-hybridized carbons (Fsp3) is 0.294. The van der Waals surface area contributed by atoms with Gasteiger partial charge in [0.15, 0.2) is 5.65 Å². The SMILES string of the molecule is O=S(=O)(c1cc(Cl)ccc1Cl)N1CCC[C@@H](c2nnc3ccccn23)C1. The minimum Gasteiger partial charge on any atom is -0.286 e. The van der Waals surface area contributed by atoms with Crippen molar-refractivity contribution >= 4 is 38.9 Å². The van der Waals surface area contributed by atoms with Crippen molar-refractivity contribution in [1.29, 1.82) is 0 Å². The molecule has 1 saturated heterocycles. The van der Waals surface area contributed by atoms with Crippen molar-refractivity contribution < 1.29 is 8.42 Å². The Morgan fingerprint density at radius 1 is 1.12 bits per heavy atom. The van der Waals surface area contributed by atoms with Gasteiger partial charge >= 0.3 is 0 Å². The minimum atomic E-state index is -3.73. The van der Waals surface area contributed by atoms with Gasteiger partial charge in [-0.3, -0.25) is 4.40 Å². The van der Waals surface area contributed by atoms with Crippen molar-refractivity contribution in [2.75, 3.05) is 13.1 Å². The molecule has 0 radical (unpaired) electrons. The first-order valence-corrected chi connectivity index (χ1v) is 10.4. The largest absolute Gasteiger partial charge is 0.286 e. The van der Waals surface area contributed by atoms with E-state index in [0.717, 1.165) is 24.3 Å². The summed E-state index contributed by atoms with van der Waals surface area (Å²) in [6, 6.07) is 10.2. The number of hydrogen-bond donors (Lipinski definition) is 0. The van der Waals surface area contributed by atoms with E-state index in [1.54, 1.807) is 6.07 Å². The molecule has 0 N–H and O–H groups in total. The summed E-state index contributed by atoms with van der Waals surface area (Å²) < 4.78 is 29.5. The number of hydrogen-bond acceptors (Lipinski definition) is 4. The van der Waals surface area contributed by atoms with Gasteiger partial charge in [-0.2, -0.15) is 4.31 Å². The van der Waals surface area contributed by atoms with Crippen LogP contribution in [0.25, 0.3) is 5.65 Å². The fourth-order valence-corrected chi connectivity index (χ4v) is 5.58. The number of halogens is 2. The third kappa shape index (κ3) is 3.09. The van der Waals surface area contributed by atoms with Crippen LogP contribution in [0.2, 0.25) is 10.0 Å². The number of pyridine rings is 1. The first-order chi connectivity index (χ1) is 12.5. The number of rotatable bonds is 3. The van der Waals surface area contributed by atoms with Crippen LogP contribution in [0.15, 0.2) is 47.5 Å². The zero-order valence-corrected chi connectivity index (χ0v) is 16.0. The van der Waals surface area contributed by atoms with Crippen LogP contribution in [-0.4, -0.2) is 40.4 Å². The van der Waals surface area contributed by atoms with Crippen molar-refractivity contribution in [2.24, 2.45) is 0 Å². The molecule has 1 aromatic carbocycles. The molecule has 0 aliphatic carbocycles. The van der Waals surface area contributed by atoms with Crippen LogP contribution in [0.4, 0.5) is 0 Å². The average Bonchev–Trinajstić information content (AvgIpc) is 3.08. The van der Waals surface area contributed by atoms with E-state index >= 15 is 0 Å². The van der Waals surface area contributed by atoms with E-state index in [-0.39, 0.29) is 15.8 Å². The molecule has 1 atom stereocenters. The minimum absolute atomic E-state index is 0.0334. The lowest BCUT2D eigenvalue weighted by Gasteiger charge is -2.31. The van der Waals surface area contributed by atoms with Gasteiger partial charge in [-0.1, -0.05) is 29.3 Å². The molecular weight excluding hydrogens is 395 g/mol. The topological polar surface area (TPSA) is 67.6 Å². The highest BCUT2D eigenvalue weighted by molar-refractivity contribution is 7.89. The van der Waals surface area contributed by atoms with Gasteiger partial charge in [0, 0.05) is 30.2 Å². The van der Waals surface area contributed by atoms with Gasteiger partial charge in [-0.25, -0.2) is 8.42 Å². The predicted octanol–water partition coefficient (Wildman–Crippen LogP) is 3.60. The van der Waals surface area contributed by atoms with E-state index in [0.29, 0.717) is 18.1 Å². The van der Waals surface area contributed by atoms with Crippen LogP contribution in [0.1, 0.15) is 24.6 Å². The lowest BCUT2D eigenvalue weighted by molar-refractivity contribution is 0.308. The number of benzene rings is 1. The van der Waals surface area contributed by atoms with Gasteiger partial charge in [-0.05, 0) is 43.2 Å². The zero-order valence-electron chi connectivity index (χ0n) is 13.7. The Kier molecular flexibility index (Phi) is 4.64. The van der Waals surface area contributed by atoms with E-state index in [4.69, 9.17) is 23.2 Å². The Bertz CT molecular complexity index is 1070. The van der Waals surface area contributed by atoms with Crippen LogP contribution < -0.4 is 0 Å². The first kappa shape index (κ1) is 17.7. The van der Waals surface area contributed by atoms with Crippen LogP contribution >= 0.6 is 23.2 Å². The summed E-state index contributed by atoms with van der Waals surface area (Å²) in [6.07, 6.45) is 3.49. The molecular formula is C17H16Cl2N4O2S. The van der Waals surface area contributed by atoms with Gasteiger partial charge in [0.2, 0.25) is 10.0 Å². The summed E-state index contributed by atoms with van der Waals surface area (Å²) in [7, 11) is -3.73. The summed E-state index contributed by atoms with van der Waals surface area (Å²) >= 11 is 12.1. The second-order valence-corrected chi connectivity index (χ2v) is 9.01. The lowest BCUT2D eigenvalue weighted by Crippen LogP contribution is -2.39. The van der Waals surface area contributed by atoms with Gasteiger partial charge in [0.25, 0.3) is 0 Å². The molecule has 9 heteroatoms. The smallest absolute Gasteiger partial charge is 0.244 e. The number of nitrogens with zero attached hydrogens (tertiary/aromatic N) is 4. The first-order valence-electron chi connectivity index (χ1n) is 8.21. The molecule has 1 aliphatic heterocycles. The Morgan fingerprint density at radius 2 is 1.96 bits per heavy atom. The molecule has 1 fully saturated rings. The molecule has 3 heterocycles. The highest BCUT2D eigenvalue weighted by Gasteiger charge is 2.34. The van der Waals surface area contributed by atoms with Crippen molar-refractivity contribution in [3.05, 3.63) is 58.5 Å². The van der Waals surface area contributed by atoms with Crippen LogP contribution in [0.3, 0.4) is 0 Å². The average molecular weight is 411 g/mol. The molecule has 0 amide bonds. The molecule has 26 heavy (non-hydrogen) atoms. The normalized spacial score (nSPS) is 19.1. The third-order valence-electron chi connectivity index (χ3n) is 4.60. The predicted molar refractivity (Wildman–Crippen MR) is 100 cm³/mol. The van der Waals surface area contributed by atoms with Crippen LogP contribution in [-0.2, 0) is 10.0 Å². The fourth-order valence-electron chi connectivity index (χ4n) is 3.32. The number of aromatic nitrogens is 3. The molecule has 0 unspecified atom stereocenters. The van der Waals surface area contributed by atoms with Gasteiger partial charge in [-0.15, -0.1) is 10.2 Å². The summed E-state index contributed by atoms with van der Waals surface area (Å²) in [5.41, 5.74) is 0.750. The van der Waals surface area contributed by atoms with E-state index in [1.165, 1.54) is 16.4 Å². The Balaban J connectivity index is 1.67. The molecule has 0 spiro atoms. The molecule has 2 aromatic heterocycles. The number of sulfonamides is 1. The van der Waals surface area contributed by atoms with E-state index in [9.17, 15) is 8.42 Å². The Hall–Kier alpha value is -1.67. The quantitative estimate of drug-likeness (QED) is 0.661. The van der Waals surface area contributed by atoms with Crippen molar-refractivity contribution in [3.8, 4) is 0 Å². The Morgan fingerprint density at radius 3 is 2.81 bits per heavy atom. The Labute approximate surface area is 161 Å². The maximum absolute atomic E-state index is 13.1. The van der Waals surface area contributed by atoms with E-state index in [1.807, 2.05) is 28.8 Å². The maximum Gasteiger partial charge on any atom is 0.244 e. The van der Waals surface area contributed by atoms with Crippen LogP contribution in [0.5, 0.6) is 0 Å². The molecule has 3 aromatic rings. The van der Waals surface area contributed by atoms with Gasteiger partial charge < -0.3 is 0 Å². The van der Waals surface area contributed by atoms with Gasteiger partial charge in [0.05, 0.1) is 5.02 Å². The number of piperidine rings is 1. The highest BCUT2D eigenvalue weighted by atomic mass is 35.5. The van der Waals surface area contributed by atoms with Gasteiger partial charge in [0.1, 0.15) is 10.7 Å². The van der Waals surface area contributed by atoms with Crippen molar-refractivity contribution in [1.82, 2.24) is 18.9 Å². The second-order valence-electron chi connectivity index (χ2n) is 6.26. The standard InChI is InChI=1S/C17H16Cl2N4O2S/c18-13-6-7-14(19)15(10-13)26(24,25)22-8-3-4-12(11-22)17-21-20-16-5-1-2-9-23(16)17/h1-2,5-7,9-10,12H,3-4,8,11H2/t12-/m1/s1. The summed E-state index contributed by atoms with van der Waals surface area (Å²) in [5, 5.41) is 8.96.